The van der Waals surface area contributed by atoms with Crippen LogP contribution in [0.4, 0.5) is 0 Å². The summed E-state index contributed by atoms with van der Waals surface area (Å²) in [6, 6.07) is 3.00. The van der Waals surface area contributed by atoms with Gasteiger partial charge in [-0.2, -0.15) is 5.43 Å². The van der Waals surface area contributed by atoms with Crippen LogP contribution in [0.5, 0.6) is 0 Å². The van der Waals surface area contributed by atoms with Gasteiger partial charge in [0.2, 0.25) is 0 Å². The van der Waals surface area contributed by atoms with Crippen molar-refractivity contribution in [3.05, 3.63) is 41.9 Å². The summed E-state index contributed by atoms with van der Waals surface area (Å²) in [4.78, 5) is 13.1. The maximum atomic E-state index is 4.67. The largest absolute Gasteiger partial charge is 0.346 e. The minimum Gasteiger partial charge on any atom is -0.346 e. The molecule has 140 valence electrons. The topological polar surface area (TPSA) is 64.1 Å². The number of pyridine rings is 1. The maximum Gasteiger partial charge on any atom is 0.137 e. The van der Waals surface area contributed by atoms with E-state index in [1.165, 1.54) is 54.7 Å². The summed E-state index contributed by atoms with van der Waals surface area (Å²) in [7, 11) is 2.22. The third-order valence-electron chi connectivity index (χ3n) is 6.20. The Labute approximate surface area is 159 Å². The van der Waals surface area contributed by atoms with Crippen LogP contribution in [0.1, 0.15) is 30.4 Å². The normalized spacial score (nSPS) is 24.4. The number of fused-ring (bicyclic) bond motifs is 1. The lowest BCUT2D eigenvalue weighted by atomic mass is 9.90. The quantitative estimate of drug-likeness (QED) is 0.815. The van der Waals surface area contributed by atoms with Gasteiger partial charge in [0.1, 0.15) is 11.8 Å². The van der Waals surface area contributed by atoms with E-state index in [1.807, 2.05) is 24.0 Å². The molecule has 6 heteroatoms. The van der Waals surface area contributed by atoms with Crippen molar-refractivity contribution < 1.29 is 5.43 Å². The van der Waals surface area contributed by atoms with Crippen LogP contribution in [0, 0.1) is 0 Å². The zero-order chi connectivity index (χ0) is 18.2. The number of allylic oxidation sites excluding steroid dienone is 2. The number of aromatic amines is 1. The van der Waals surface area contributed by atoms with Gasteiger partial charge in [-0.05, 0) is 43.5 Å². The van der Waals surface area contributed by atoms with Gasteiger partial charge in [-0.1, -0.05) is 11.2 Å². The van der Waals surface area contributed by atoms with Crippen LogP contribution in [0.3, 0.4) is 0 Å². The van der Waals surface area contributed by atoms with Crippen molar-refractivity contribution in [3.8, 4) is 0 Å². The fourth-order valence-electron chi connectivity index (χ4n) is 4.47. The molecule has 27 heavy (non-hydrogen) atoms. The zero-order valence-electron chi connectivity index (χ0n) is 15.9. The summed E-state index contributed by atoms with van der Waals surface area (Å²) in [6.07, 6.45) is 14.0. The number of likely N-dealkylation sites (N-methyl/N-ethyl adjacent to an activating group) is 1. The highest BCUT2D eigenvalue weighted by Crippen LogP contribution is 2.32. The average molecular weight is 363 g/mol. The monoisotopic (exact) mass is 363 g/mol. The summed E-state index contributed by atoms with van der Waals surface area (Å²) in [5.41, 5.74) is 7.83. The van der Waals surface area contributed by atoms with E-state index in [2.05, 4.69) is 50.3 Å². The summed E-state index contributed by atoms with van der Waals surface area (Å²) in [6.45, 7) is 4.80. The van der Waals surface area contributed by atoms with Gasteiger partial charge in [0.25, 0.3) is 0 Å². The van der Waals surface area contributed by atoms with Crippen LogP contribution in [-0.2, 0) is 0 Å². The molecule has 0 radical (unpaired) electrons. The number of aromatic nitrogens is 2. The van der Waals surface area contributed by atoms with Gasteiger partial charge < -0.3 is 9.88 Å². The fraction of sp³-hybridized carbons (Fsp3) is 0.429. The summed E-state index contributed by atoms with van der Waals surface area (Å²) in [5, 5.41) is 5.38. The van der Waals surface area contributed by atoms with Gasteiger partial charge in [0.05, 0.1) is 11.8 Å². The standard InChI is InChI=1S/C21H26N6/c1-26-6-8-27(9-7-26)18-4-2-15(3-5-18)16-10-19-20(17-12-24-25-13-17)14-23-21(19)22-11-16/h2,10-14,18H,3-9H2,1H3,(H,22,23)(H,24,25)/p+1. The highest BCUT2D eigenvalue weighted by Gasteiger charge is 2.25. The number of nitrogens with one attached hydrogen (secondary N) is 1. The van der Waals surface area contributed by atoms with E-state index in [9.17, 15) is 0 Å². The zero-order valence-corrected chi connectivity index (χ0v) is 15.9. The first kappa shape index (κ1) is 16.9. The van der Waals surface area contributed by atoms with Crippen LogP contribution in [0.25, 0.3) is 22.2 Å². The third kappa shape index (κ3) is 3.25. The Kier molecular flexibility index (Phi) is 4.39. The van der Waals surface area contributed by atoms with Crippen LogP contribution >= 0.6 is 0 Å². The van der Waals surface area contributed by atoms with Crippen LogP contribution in [0.2, 0.25) is 0 Å². The highest BCUT2D eigenvalue weighted by molar-refractivity contribution is 6.14. The molecule has 3 aliphatic rings. The van der Waals surface area contributed by atoms with Crippen LogP contribution in [-0.4, -0.2) is 65.3 Å². The molecule has 6 nitrogen and oxygen atoms in total. The Morgan fingerprint density at radius 3 is 2.85 bits per heavy atom. The van der Waals surface area contributed by atoms with E-state index in [1.54, 1.807) is 0 Å². The molecule has 1 unspecified atom stereocenters. The molecule has 0 spiro atoms. The van der Waals surface area contributed by atoms with E-state index >= 15 is 0 Å². The van der Waals surface area contributed by atoms with Crippen molar-refractivity contribution in [2.45, 2.75) is 25.3 Å². The highest BCUT2D eigenvalue weighted by atomic mass is 15.3. The lowest BCUT2D eigenvalue weighted by molar-refractivity contribution is -0.589. The van der Waals surface area contributed by atoms with E-state index in [4.69, 9.17) is 0 Å². The first-order chi connectivity index (χ1) is 13.3. The number of quaternary nitrogens is 1. The maximum absolute atomic E-state index is 4.67. The number of piperazine rings is 1. The van der Waals surface area contributed by atoms with Crippen molar-refractivity contribution in [3.63, 3.8) is 0 Å². The Morgan fingerprint density at radius 1 is 1.22 bits per heavy atom. The van der Waals surface area contributed by atoms with Crippen LogP contribution in [0.15, 0.2) is 35.8 Å². The van der Waals surface area contributed by atoms with Gasteiger partial charge in [-0.25, -0.2) is 4.98 Å². The van der Waals surface area contributed by atoms with Crippen molar-refractivity contribution >= 4 is 28.4 Å². The Balaban J connectivity index is 1.36. The molecule has 2 aliphatic heterocycles. The molecular formula is C21H27N6+. The third-order valence-corrected chi connectivity index (χ3v) is 6.20. The number of nitrogens with zero attached hydrogens (tertiary/aromatic N) is 4. The summed E-state index contributed by atoms with van der Waals surface area (Å²) >= 11 is 0. The van der Waals surface area contributed by atoms with Gasteiger partial charge >= 0.3 is 0 Å². The van der Waals surface area contributed by atoms with Crippen molar-refractivity contribution in [2.75, 3.05) is 33.2 Å². The molecule has 5 rings (SSSR count). The number of rotatable bonds is 3. The molecule has 2 aromatic rings. The molecule has 0 bridgehead atoms. The number of hydrogen-bond acceptors (Lipinski definition) is 4. The van der Waals surface area contributed by atoms with Gasteiger partial charge in [-0.3, -0.25) is 4.90 Å². The lowest BCUT2D eigenvalue weighted by Gasteiger charge is -2.39. The predicted molar refractivity (Wildman–Crippen MR) is 109 cm³/mol. The Hall–Kier alpha value is -2.28. The second-order valence-corrected chi connectivity index (χ2v) is 7.87. The summed E-state index contributed by atoms with van der Waals surface area (Å²) in [5.74, 6) is 0. The molecule has 4 heterocycles. The SMILES string of the molecule is CN1CCN(C2CC=C(c3cnc4[nH]cc(C5=C[NH2+]N=C5)c4c3)CC2)CC1. The molecule has 1 fully saturated rings. The second kappa shape index (κ2) is 7.03. The molecule has 3 N–H and O–H groups in total. The molecule has 1 atom stereocenters. The molecule has 0 amide bonds. The number of nitrogens with two attached hydrogens (primary N) is 1. The van der Waals surface area contributed by atoms with Crippen molar-refractivity contribution in [1.29, 1.82) is 0 Å². The minimum atomic E-state index is 0.706. The molecular weight excluding hydrogens is 336 g/mol. The predicted octanol–water partition coefficient (Wildman–Crippen LogP) is 1.65. The van der Waals surface area contributed by atoms with E-state index in [0.29, 0.717) is 6.04 Å². The Morgan fingerprint density at radius 2 is 2.11 bits per heavy atom. The van der Waals surface area contributed by atoms with Crippen molar-refractivity contribution in [2.24, 2.45) is 5.10 Å². The summed E-state index contributed by atoms with van der Waals surface area (Å²) < 4.78 is 0. The van der Waals surface area contributed by atoms with Gasteiger partial charge in [0, 0.05) is 55.6 Å². The van der Waals surface area contributed by atoms with E-state index in [0.717, 1.165) is 24.1 Å². The first-order valence-electron chi connectivity index (χ1n) is 9.94. The fourth-order valence-corrected chi connectivity index (χ4v) is 4.47. The van der Waals surface area contributed by atoms with E-state index < -0.39 is 0 Å². The smallest absolute Gasteiger partial charge is 0.137 e. The molecule has 0 aromatic carbocycles. The Bertz CT molecular complexity index is 929. The lowest BCUT2D eigenvalue weighted by Crippen LogP contribution is -2.69. The minimum absolute atomic E-state index is 0.706. The average Bonchev–Trinajstić information content (AvgIpc) is 3.38. The first-order valence-corrected chi connectivity index (χ1v) is 9.94. The second-order valence-electron chi connectivity index (χ2n) is 7.87. The molecule has 1 saturated heterocycles. The molecule has 2 aromatic heterocycles. The van der Waals surface area contributed by atoms with Gasteiger partial charge in [-0.15, -0.1) is 0 Å². The van der Waals surface area contributed by atoms with E-state index in [-0.39, 0.29) is 0 Å². The van der Waals surface area contributed by atoms with Crippen molar-refractivity contribution in [1.82, 2.24) is 19.8 Å². The number of H-pyrrole nitrogens is 1. The molecule has 0 saturated carbocycles. The van der Waals surface area contributed by atoms with Crippen LogP contribution < -0.4 is 5.43 Å². The number of hydrogen-bond donors (Lipinski definition) is 2. The van der Waals surface area contributed by atoms with Gasteiger partial charge in [0.15, 0.2) is 0 Å². The molecule has 1 aliphatic carbocycles.